The predicted octanol–water partition coefficient (Wildman–Crippen LogP) is 18.0. The van der Waals surface area contributed by atoms with E-state index in [0.717, 1.165) is 134 Å². The Bertz CT molecular complexity index is 6550. The zero-order chi connectivity index (χ0) is 86.4. The second-order valence-electron chi connectivity index (χ2n) is 30.7. The van der Waals surface area contributed by atoms with E-state index in [1.165, 1.54) is 101 Å². The first-order valence-corrected chi connectivity index (χ1v) is 40.4. The van der Waals surface area contributed by atoms with E-state index >= 15 is 0 Å². The fourth-order valence-electron chi connectivity index (χ4n) is 16.4. The van der Waals surface area contributed by atoms with Crippen molar-refractivity contribution in [1.82, 2.24) is 63.8 Å². The van der Waals surface area contributed by atoms with Crippen molar-refractivity contribution in [3.8, 4) is 89.0 Å². The molecular weight excluding hydrogens is 1580 g/mol. The molecule has 3 aliphatic heterocycles. The highest BCUT2D eigenvalue weighted by Gasteiger charge is 2.30. The van der Waals surface area contributed by atoms with Crippen molar-refractivity contribution in [1.29, 1.82) is 0 Å². The topological polar surface area (TPSA) is 274 Å². The second kappa shape index (κ2) is 36.6. The van der Waals surface area contributed by atoms with Gasteiger partial charge in [0.15, 0.2) is 23.3 Å². The third kappa shape index (κ3) is 17.9. The lowest BCUT2D eigenvalue weighted by molar-refractivity contribution is 0.0342. The number of hydrogen-bond donors (Lipinski definition) is 4. The van der Waals surface area contributed by atoms with E-state index in [-0.39, 0.29) is 38.9 Å². The maximum absolute atomic E-state index is 14.8. The highest BCUT2D eigenvalue weighted by atomic mass is 19.2. The highest BCUT2D eigenvalue weighted by Crippen LogP contribution is 2.41. The molecule has 27 heteroatoms. The minimum absolute atomic E-state index is 0.00847. The largest absolute Gasteiger partial charge is 0.478 e. The van der Waals surface area contributed by atoms with Crippen molar-refractivity contribution in [3.63, 3.8) is 0 Å². The minimum Gasteiger partial charge on any atom is -0.478 e. The van der Waals surface area contributed by atoms with E-state index in [0.29, 0.717) is 33.1 Å². The smallest absolute Gasteiger partial charge is 0.338 e. The molecule has 4 N–H and O–H groups in total. The van der Waals surface area contributed by atoms with Gasteiger partial charge in [0.25, 0.3) is 0 Å². The number of imidazole rings is 2. The molecule has 3 saturated heterocycles. The molecule has 0 unspecified atom stereocenters. The van der Waals surface area contributed by atoms with Crippen LogP contribution in [-0.2, 0) is 57.3 Å². The Kier molecular flexibility index (Phi) is 24.6. The number of aryl methyl sites for hydroxylation is 4. The number of aromatic nitrogens is 10. The molecule has 0 saturated carbocycles. The van der Waals surface area contributed by atoms with Crippen LogP contribution >= 0.6 is 0 Å². The molecule has 0 spiro atoms. The number of fused-ring (bicyclic) bond motifs is 4. The van der Waals surface area contributed by atoms with Gasteiger partial charge in [-0.25, -0.2) is 46.7 Å². The molecule has 124 heavy (non-hydrogen) atoms. The Morgan fingerprint density at radius 2 is 0.621 bits per heavy atom. The molecule has 0 radical (unpaired) electrons. The number of likely N-dealkylation sites (tertiary alicyclic amines) is 1. The van der Waals surface area contributed by atoms with Crippen molar-refractivity contribution in [3.05, 3.63) is 299 Å². The van der Waals surface area contributed by atoms with Crippen LogP contribution in [0, 0.1) is 23.3 Å². The van der Waals surface area contributed by atoms with E-state index < -0.39 is 63.8 Å². The van der Waals surface area contributed by atoms with E-state index in [2.05, 4.69) is 179 Å². The van der Waals surface area contributed by atoms with Gasteiger partial charge in [-0.2, -0.15) is 30.0 Å². The standard InChI is InChI=1S/C26H25N3O3.C26H25N3O2.C25H24N4O3.C20H11F4N3O2/c1-28-17-27-24-15-21(14-23(25(24)28)26(30)31)18-6-8-19(9-7-18)22-5-3-2-4-20(22)16-29-10-12-32-13-11-29;1-28-17-27-24-15-21(14-23(25(24)28)26(30)31)18-8-10-19(11-9-18)22-7-3-2-6-20(22)16-29-12-4-5-13-29;1-28-26-23-15-20(14-22(25(30)31)24(23)27-28)17-6-8-18(9-7-17)21-5-3-2-4-19(21)16-29-10-12-32-13-11-29;1-27-25-12-8-10(7-11(20(28)29)19(12)26-27)14-17(23)15(21)13(16(22)18(14)24)9-5-3-2-4-6-9/h2-9,14-15,17H,10-13,16H2,1H3,(H,30,31);2-3,6-11,14-15,17H,4-5,12-13,16H2,1H3,(H,30,31);2-9,14-15H,10-13,16H2,1H3,(H,30,31);2-8H,1H3,(H,28,29). The zero-order valence-corrected chi connectivity index (χ0v) is 68.2. The van der Waals surface area contributed by atoms with Gasteiger partial charge < -0.3 is 39.0 Å². The van der Waals surface area contributed by atoms with Gasteiger partial charge in [0, 0.05) is 74.0 Å². The Hall–Kier alpha value is -14.2. The Balaban J connectivity index is 0.000000122. The van der Waals surface area contributed by atoms with Crippen LogP contribution in [-0.4, -0.2) is 174 Å². The van der Waals surface area contributed by atoms with E-state index in [4.69, 9.17) is 9.47 Å². The van der Waals surface area contributed by atoms with Gasteiger partial charge in [0.1, 0.15) is 22.1 Å². The average Bonchev–Trinajstić information content (AvgIpc) is 1.48. The summed E-state index contributed by atoms with van der Waals surface area (Å²) in [6.45, 7) is 12.1. The van der Waals surface area contributed by atoms with Gasteiger partial charge in [-0.15, -0.1) is 0 Å². The van der Waals surface area contributed by atoms with Crippen LogP contribution in [0.25, 0.3) is 133 Å². The Morgan fingerprint density at radius 3 is 0.984 bits per heavy atom. The summed E-state index contributed by atoms with van der Waals surface area (Å²) in [6.07, 6.45) is 5.88. The molecule has 0 bridgehead atoms. The highest BCUT2D eigenvalue weighted by molar-refractivity contribution is 6.06. The number of ether oxygens (including phenoxy) is 2. The number of carboxylic acids is 4. The van der Waals surface area contributed by atoms with Crippen LogP contribution in [0.4, 0.5) is 17.6 Å². The molecule has 16 aromatic rings. The molecule has 12 aromatic carbocycles. The van der Waals surface area contributed by atoms with Crippen LogP contribution in [0.5, 0.6) is 0 Å². The fourth-order valence-corrected chi connectivity index (χ4v) is 16.4. The van der Waals surface area contributed by atoms with Gasteiger partial charge in [0.05, 0.1) is 94.5 Å². The van der Waals surface area contributed by atoms with Gasteiger partial charge >= 0.3 is 23.9 Å². The average molecular weight is 1670 g/mol. The number of nitrogens with zero attached hydrogens (tertiary/aromatic N) is 13. The molecule has 0 amide bonds. The summed E-state index contributed by atoms with van der Waals surface area (Å²) in [5.41, 5.74) is 18.1. The maximum atomic E-state index is 14.8. The third-order valence-electron chi connectivity index (χ3n) is 22.6. The molecule has 7 heterocycles. The number of halogens is 4. The van der Waals surface area contributed by atoms with Crippen molar-refractivity contribution in [2.75, 3.05) is 65.7 Å². The van der Waals surface area contributed by atoms with Crippen LogP contribution in [0.3, 0.4) is 0 Å². The van der Waals surface area contributed by atoms with Crippen molar-refractivity contribution in [2.24, 2.45) is 28.2 Å². The maximum Gasteiger partial charge on any atom is 0.338 e. The molecule has 4 aromatic heterocycles. The molecule has 19 rings (SSSR count). The lowest BCUT2D eigenvalue weighted by Gasteiger charge is -2.27. The molecule has 23 nitrogen and oxygen atoms in total. The third-order valence-corrected chi connectivity index (χ3v) is 22.6. The van der Waals surface area contributed by atoms with E-state index in [1.807, 2.05) is 44.4 Å². The number of morpholine rings is 2. The molecular formula is C97H85F4N13O10. The first-order valence-electron chi connectivity index (χ1n) is 40.4. The summed E-state index contributed by atoms with van der Waals surface area (Å²) in [5.74, 6) is -10.8. The normalized spacial score (nSPS) is 13.8. The zero-order valence-electron chi connectivity index (χ0n) is 68.2. The molecule has 626 valence electrons. The Labute approximate surface area is 709 Å². The molecule has 0 atom stereocenters. The molecule has 3 fully saturated rings. The SMILES string of the molecule is Cn1cnc2cc(-c3ccc(-c4ccccc4CN4CCCC4)cc3)cc(C(=O)O)c21.Cn1cnc2cc(-c3ccc(-c4ccccc4CN4CCOCC4)cc3)cc(C(=O)O)c21.Cn1nc2cc(-c3c(F)c(F)c(-c4ccccc4)c(F)c3F)cc(C(=O)O)c2n1.Cn1nc2cc(-c3ccc(-c4ccccc4CN4CCOCC4)cc3)cc(C(=O)O)c2n1. The summed E-state index contributed by atoms with van der Waals surface area (Å²) < 4.78 is 73.6. The minimum atomic E-state index is -1.64. The van der Waals surface area contributed by atoms with Crippen molar-refractivity contribution in [2.45, 2.75) is 32.5 Å². The Morgan fingerprint density at radius 1 is 0.323 bits per heavy atom. The fraction of sp³-hybridized carbons (Fsp3) is 0.196. The number of aromatic carboxylic acids is 4. The first kappa shape index (κ1) is 83.4. The summed E-state index contributed by atoms with van der Waals surface area (Å²) in [5, 5.41) is 54.7. The number of carboxylic acid groups (broad SMARTS) is 4. The number of carbonyl (C=O) groups is 4. The summed E-state index contributed by atoms with van der Waals surface area (Å²) in [6, 6.07) is 70.6. The quantitative estimate of drug-likeness (QED) is 0.0459. The summed E-state index contributed by atoms with van der Waals surface area (Å²) >= 11 is 0. The van der Waals surface area contributed by atoms with Crippen molar-refractivity contribution < 1.29 is 66.6 Å². The number of benzene rings is 12. The van der Waals surface area contributed by atoms with Gasteiger partial charge in [-0.1, -0.05) is 176 Å². The number of hydrogen-bond acceptors (Lipinski definition) is 15. The van der Waals surface area contributed by atoms with E-state index in [1.54, 1.807) is 53.1 Å². The lowest BCUT2D eigenvalue weighted by Crippen LogP contribution is -2.35. The number of rotatable bonds is 18. The summed E-state index contributed by atoms with van der Waals surface area (Å²) in [4.78, 5) is 65.5. The van der Waals surface area contributed by atoms with Crippen LogP contribution < -0.4 is 0 Å². The second-order valence-corrected chi connectivity index (χ2v) is 30.7. The molecule has 3 aliphatic rings. The van der Waals surface area contributed by atoms with Crippen LogP contribution in [0.2, 0.25) is 0 Å². The van der Waals surface area contributed by atoms with Crippen molar-refractivity contribution >= 4 is 68.0 Å². The predicted molar refractivity (Wildman–Crippen MR) is 466 cm³/mol. The summed E-state index contributed by atoms with van der Waals surface area (Å²) in [7, 11) is 6.75. The van der Waals surface area contributed by atoms with E-state index in [9.17, 15) is 57.2 Å². The van der Waals surface area contributed by atoms with Gasteiger partial charge in [-0.05, 0) is 169 Å². The van der Waals surface area contributed by atoms with Gasteiger partial charge in [0.2, 0.25) is 0 Å². The van der Waals surface area contributed by atoms with Gasteiger partial charge in [-0.3, -0.25) is 14.7 Å². The van der Waals surface area contributed by atoms with Crippen LogP contribution in [0.1, 0.15) is 71.0 Å². The van der Waals surface area contributed by atoms with Crippen LogP contribution in [0.15, 0.2) is 237 Å². The monoisotopic (exact) mass is 1670 g/mol. The molecule has 0 aliphatic carbocycles. The first-order chi connectivity index (χ1) is 60.1. The lowest BCUT2D eigenvalue weighted by atomic mass is 9.95.